The first kappa shape index (κ1) is 60.7. The molecule has 14 heteroatoms. The fourth-order valence-corrected chi connectivity index (χ4v) is 11.4. The van der Waals surface area contributed by atoms with Crippen LogP contribution in [0.4, 0.5) is 0 Å². The van der Waals surface area contributed by atoms with E-state index in [1.807, 2.05) is 76.3 Å². The van der Waals surface area contributed by atoms with Gasteiger partial charge in [0, 0.05) is 65.1 Å². The molecule has 2 saturated heterocycles. The number of hydrogen-bond donors (Lipinski definition) is 2. The number of benzene rings is 1. The molecule has 0 aromatic heterocycles. The minimum atomic E-state index is -2.43. The van der Waals surface area contributed by atoms with Crippen molar-refractivity contribution in [2.75, 3.05) is 34.5 Å². The molecule has 0 spiro atoms. The van der Waals surface area contributed by atoms with Gasteiger partial charge in [-0.15, -0.1) is 0 Å². The molecule has 3 unspecified atom stereocenters. The van der Waals surface area contributed by atoms with Crippen LogP contribution in [0.1, 0.15) is 138 Å². The van der Waals surface area contributed by atoms with E-state index in [2.05, 4.69) is 12.1 Å². The number of amides is 1. The van der Waals surface area contributed by atoms with Gasteiger partial charge >= 0.3 is 5.97 Å². The maximum Gasteiger partial charge on any atom is 0.329 e. The number of ketones is 3. The van der Waals surface area contributed by atoms with Crippen LogP contribution in [0.5, 0.6) is 0 Å². The van der Waals surface area contributed by atoms with Gasteiger partial charge in [-0.3, -0.25) is 19.2 Å². The van der Waals surface area contributed by atoms with E-state index in [0.717, 1.165) is 37.7 Å². The number of carbonyl (C=O) groups is 5. The van der Waals surface area contributed by atoms with Crippen LogP contribution in [-0.2, 0) is 58.8 Å². The summed E-state index contributed by atoms with van der Waals surface area (Å²) in [5, 5.41) is 23.6. The number of piperidine rings is 1. The molecule has 5 rings (SSSR count). The monoisotopic (exact) mass is 1030 g/mol. The first-order valence-corrected chi connectivity index (χ1v) is 27.5. The Bertz CT molecular complexity index is 2120. The first-order chi connectivity index (χ1) is 35.3. The van der Waals surface area contributed by atoms with Crippen LogP contribution >= 0.6 is 0 Å². The molecule has 1 aromatic carbocycles. The summed E-state index contributed by atoms with van der Waals surface area (Å²) in [6.07, 6.45) is 14.4. The zero-order valence-electron chi connectivity index (χ0n) is 46.1. The van der Waals surface area contributed by atoms with E-state index in [1.165, 1.54) is 17.6 Å². The van der Waals surface area contributed by atoms with Crippen LogP contribution in [0.2, 0.25) is 0 Å². The molecule has 1 aliphatic carbocycles. The SMILES string of the molecule is CO[C@H]1CC2CC[C@@H](C)[C@@](O)(O2)C(=O)C(=O)N2CCCC[C@H]2C(=O)OC(C(C)C[C@@H]2CC[C@@H](OCCCc3ccccc3)[C@H](OC)C2)CC(=O)[C@H](C)/C=C(\C)[C@@H](O)[C@@H](OC)C(=O)[C@H](C)C[C@H](C)/C=C/C=CC=C1C. The zero-order chi connectivity index (χ0) is 54.1. The predicted octanol–water partition coefficient (Wildman–Crippen LogP) is 8.84. The normalized spacial score (nSPS) is 35.8. The number of fused-ring (bicyclic) bond motifs is 3. The van der Waals surface area contributed by atoms with E-state index >= 15 is 0 Å². The van der Waals surface area contributed by atoms with Gasteiger partial charge in [0.15, 0.2) is 5.78 Å². The molecular weight excluding hydrogens is 943 g/mol. The van der Waals surface area contributed by atoms with E-state index in [-0.39, 0.29) is 60.9 Å². The zero-order valence-corrected chi connectivity index (χ0v) is 46.1. The van der Waals surface area contributed by atoms with Crippen molar-refractivity contribution in [1.29, 1.82) is 0 Å². The molecule has 1 aromatic rings. The van der Waals surface area contributed by atoms with E-state index in [4.69, 9.17) is 28.4 Å². The van der Waals surface area contributed by atoms with Crippen LogP contribution in [0.15, 0.2) is 77.9 Å². The number of allylic oxidation sites excluding steroid dienone is 6. The minimum absolute atomic E-state index is 0.0190. The molecule has 74 heavy (non-hydrogen) atoms. The summed E-state index contributed by atoms with van der Waals surface area (Å²) in [6, 6.07) is 9.19. The first-order valence-electron chi connectivity index (χ1n) is 27.5. The fourth-order valence-electron chi connectivity index (χ4n) is 11.4. The molecule has 2 N–H and O–H groups in total. The van der Waals surface area contributed by atoms with Crippen LogP contribution in [0, 0.1) is 35.5 Å². The number of esters is 1. The topological polar surface area (TPSA) is 184 Å². The molecule has 14 nitrogen and oxygen atoms in total. The average Bonchev–Trinajstić information content (AvgIpc) is 3.39. The average molecular weight is 1030 g/mol. The maximum atomic E-state index is 14.6. The van der Waals surface area contributed by atoms with E-state index in [9.17, 15) is 34.2 Å². The largest absolute Gasteiger partial charge is 0.460 e. The van der Waals surface area contributed by atoms with E-state index in [0.29, 0.717) is 57.1 Å². The van der Waals surface area contributed by atoms with Crippen molar-refractivity contribution in [2.45, 2.75) is 193 Å². The van der Waals surface area contributed by atoms with Crippen molar-refractivity contribution in [3.05, 3.63) is 83.5 Å². The molecule has 15 atom stereocenters. The molecule has 412 valence electrons. The molecular formula is C60H89NO13. The van der Waals surface area contributed by atoms with Gasteiger partial charge in [-0.1, -0.05) is 101 Å². The molecule has 4 aliphatic rings. The summed E-state index contributed by atoms with van der Waals surface area (Å²) in [5.74, 6) is -7.80. The summed E-state index contributed by atoms with van der Waals surface area (Å²) >= 11 is 0. The highest BCUT2D eigenvalue weighted by Gasteiger charge is 2.53. The number of hydrogen-bond acceptors (Lipinski definition) is 13. The Morgan fingerprint density at radius 3 is 2.27 bits per heavy atom. The summed E-state index contributed by atoms with van der Waals surface area (Å²) in [6.45, 7) is 13.5. The lowest BCUT2D eigenvalue weighted by Crippen LogP contribution is -2.61. The third-order valence-corrected chi connectivity index (χ3v) is 16.2. The summed E-state index contributed by atoms with van der Waals surface area (Å²) in [5.41, 5.74) is 2.55. The fraction of sp³-hybridized carbons (Fsp3) is 0.683. The number of nitrogens with zero attached hydrogens (tertiary/aromatic N) is 1. The second-order valence-electron chi connectivity index (χ2n) is 22.0. The van der Waals surface area contributed by atoms with Crippen molar-refractivity contribution >= 4 is 29.2 Å². The lowest BCUT2D eigenvalue weighted by molar-refractivity contribution is -0.265. The lowest BCUT2D eigenvalue weighted by atomic mass is 9.78. The molecule has 1 saturated carbocycles. The number of aryl methyl sites for hydroxylation is 1. The quantitative estimate of drug-likeness (QED) is 0.0929. The minimum Gasteiger partial charge on any atom is -0.460 e. The van der Waals surface area contributed by atoms with Gasteiger partial charge in [-0.05, 0) is 125 Å². The lowest BCUT2D eigenvalue weighted by Gasteiger charge is -2.42. The number of ether oxygens (including phenoxy) is 6. The van der Waals surface area contributed by atoms with Crippen LogP contribution in [-0.4, -0.2) is 133 Å². The molecule has 3 fully saturated rings. The Morgan fingerprint density at radius 1 is 0.824 bits per heavy atom. The number of aliphatic hydroxyl groups is 2. The number of aliphatic hydroxyl groups excluding tert-OH is 1. The number of carbonyl (C=O) groups excluding carboxylic acids is 5. The smallest absolute Gasteiger partial charge is 0.329 e. The second-order valence-corrected chi connectivity index (χ2v) is 22.0. The summed E-state index contributed by atoms with van der Waals surface area (Å²) < 4.78 is 36.4. The third kappa shape index (κ3) is 16.7. The van der Waals surface area contributed by atoms with Crippen molar-refractivity contribution in [3.63, 3.8) is 0 Å². The van der Waals surface area contributed by atoms with Gasteiger partial charge in [-0.2, -0.15) is 0 Å². The Kier molecular flexibility index (Phi) is 24.1. The van der Waals surface area contributed by atoms with Gasteiger partial charge in [-0.25, -0.2) is 4.79 Å². The Hall–Kier alpha value is -4.15. The highest BCUT2D eigenvalue weighted by Crippen LogP contribution is 2.38. The van der Waals surface area contributed by atoms with Crippen molar-refractivity contribution in [1.82, 2.24) is 4.90 Å². The van der Waals surface area contributed by atoms with Crippen LogP contribution < -0.4 is 0 Å². The van der Waals surface area contributed by atoms with Gasteiger partial charge in [0.25, 0.3) is 11.7 Å². The van der Waals surface area contributed by atoms with E-state index < -0.39 is 77.8 Å². The Morgan fingerprint density at radius 2 is 1.57 bits per heavy atom. The van der Waals surface area contributed by atoms with Crippen molar-refractivity contribution in [3.8, 4) is 0 Å². The maximum absolute atomic E-state index is 14.6. The Balaban J connectivity index is 1.41. The van der Waals surface area contributed by atoms with Gasteiger partial charge < -0.3 is 43.5 Å². The number of rotatable bonds is 11. The molecule has 3 aliphatic heterocycles. The van der Waals surface area contributed by atoms with Crippen molar-refractivity contribution < 1.29 is 62.6 Å². The molecule has 0 radical (unpaired) electrons. The molecule has 1 amide bonds. The second kappa shape index (κ2) is 29.4. The number of Topliss-reactive ketones (excluding diaryl/α,β-unsaturated/α-hetero) is 3. The molecule has 3 heterocycles. The highest BCUT2D eigenvalue weighted by molar-refractivity contribution is 6.39. The van der Waals surface area contributed by atoms with Gasteiger partial charge in [0.2, 0.25) is 5.79 Å². The summed E-state index contributed by atoms with van der Waals surface area (Å²) in [7, 11) is 4.68. The molecule has 2 bridgehead atoms. The highest BCUT2D eigenvalue weighted by atomic mass is 16.6. The van der Waals surface area contributed by atoms with Gasteiger partial charge in [0.1, 0.15) is 30.1 Å². The number of cyclic esters (lactones) is 1. The predicted molar refractivity (Wildman–Crippen MR) is 284 cm³/mol. The number of methoxy groups -OCH3 is 3. The standard InChI is InChI=1S/C60H89NO13/c1-38-20-13-11-14-21-39(2)51(69-8)36-47-28-26-44(7)60(68,74-47)57(65)58(66)61-30-18-17-25-48(61)59(67)73-52(37-49(62)40(3)33-43(6)55(64)56(71-10)54(63)42(5)32-38)41(4)34-46-27-29-50(53(35-46)70-9)72-31-19-24-45-22-15-12-16-23-45/h11-16,20-23,33,38,40-42,44,46-48,50-53,55-56,64,68H,17-19,24-32,34-37H2,1-10H3/b14-11?,20-13+,39-21?,43-33+/t38-,40-,41?,42-,44-,46+,47?,48+,50-,51+,52?,53-,55-,56+,60-/m1/s1. The van der Waals surface area contributed by atoms with E-state index in [1.54, 1.807) is 41.1 Å². The van der Waals surface area contributed by atoms with Crippen LogP contribution in [0.25, 0.3) is 0 Å². The Labute approximate surface area is 441 Å². The summed E-state index contributed by atoms with van der Waals surface area (Å²) in [4.78, 5) is 72.7. The van der Waals surface area contributed by atoms with Crippen molar-refractivity contribution in [2.24, 2.45) is 35.5 Å². The van der Waals surface area contributed by atoms with Gasteiger partial charge in [0.05, 0.1) is 24.4 Å². The third-order valence-electron chi connectivity index (χ3n) is 16.2. The van der Waals surface area contributed by atoms with Crippen LogP contribution in [0.3, 0.4) is 0 Å².